The monoisotopic (exact) mass is 403 g/mol. The van der Waals surface area contributed by atoms with Gasteiger partial charge in [-0.2, -0.15) is 0 Å². The van der Waals surface area contributed by atoms with Gasteiger partial charge < -0.3 is 15.2 Å². The summed E-state index contributed by atoms with van der Waals surface area (Å²) in [5.74, 6) is 4.54. The van der Waals surface area contributed by atoms with Gasteiger partial charge in [0.2, 0.25) is 0 Å². The number of benzene rings is 2. The summed E-state index contributed by atoms with van der Waals surface area (Å²) >= 11 is 3.62. The molecule has 3 rings (SSSR count). The van der Waals surface area contributed by atoms with E-state index in [0.29, 0.717) is 30.2 Å². The summed E-state index contributed by atoms with van der Waals surface area (Å²) in [6.45, 7) is 8.17. The highest BCUT2D eigenvalue weighted by Gasteiger charge is 2.20. The number of aryl methyl sites for hydroxylation is 1. The molecule has 1 aliphatic heterocycles. The minimum absolute atomic E-state index is 0.348. The second-order valence-electron chi connectivity index (χ2n) is 7.41. The minimum atomic E-state index is 0.348. The number of para-hydroxylation sites is 2. The summed E-state index contributed by atoms with van der Waals surface area (Å²) in [5, 5.41) is 14.0. The van der Waals surface area contributed by atoms with Gasteiger partial charge in [-0.15, -0.1) is 23.5 Å². The fourth-order valence-corrected chi connectivity index (χ4v) is 5.39. The summed E-state index contributed by atoms with van der Waals surface area (Å²) in [6, 6.07) is 14.6. The maximum Gasteiger partial charge on any atom is 0.132 e. The van der Waals surface area contributed by atoms with Crippen molar-refractivity contribution in [1.29, 1.82) is 0 Å². The number of fused-ring (bicyclic) bond motifs is 1. The first-order valence-corrected chi connectivity index (χ1v) is 11.5. The Labute approximate surface area is 171 Å². The summed E-state index contributed by atoms with van der Waals surface area (Å²) in [7, 11) is 0. The molecule has 0 radical (unpaired) electrons. The van der Waals surface area contributed by atoms with Gasteiger partial charge in [0, 0.05) is 21.3 Å². The molecule has 5 heteroatoms. The lowest BCUT2D eigenvalue weighted by atomic mass is 9.98. The molecule has 0 aromatic heterocycles. The summed E-state index contributed by atoms with van der Waals surface area (Å²) in [5.41, 5.74) is 0.936. The summed E-state index contributed by atoms with van der Waals surface area (Å²) in [4.78, 5) is 2.21. The first-order chi connectivity index (χ1) is 13.0. The standard InChI is InChI=1S/C22H29NO2S2/c1-15(2)17(13-26-21-10-6-7-16(3)22(21)24)11-23-18-12-25-19-8-4-5-9-20(19)27-14-18/h4-10,15,17-18,23-24H,11-14H2,1-3H3/t17-,18?/m1/s1. The molecule has 1 heterocycles. The molecule has 0 aliphatic carbocycles. The highest BCUT2D eigenvalue weighted by Crippen LogP contribution is 2.34. The maximum atomic E-state index is 10.2. The van der Waals surface area contributed by atoms with Gasteiger partial charge in [0.1, 0.15) is 18.1 Å². The largest absolute Gasteiger partial charge is 0.507 e. The van der Waals surface area contributed by atoms with Gasteiger partial charge in [0.05, 0.1) is 6.04 Å². The predicted molar refractivity (Wildman–Crippen MR) is 116 cm³/mol. The Balaban J connectivity index is 1.52. The third kappa shape index (κ3) is 5.59. The van der Waals surface area contributed by atoms with Gasteiger partial charge >= 0.3 is 0 Å². The van der Waals surface area contributed by atoms with Gasteiger partial charge in [0.15, 0.2) is 0 Å². The van der Waals surface area contributed by atoms with E-state index in [4.69, 9.17) is 4.74 Å². The van der Waals surface area contributed by atoms with Crippen molar-refractivity contribution in [2.75, 3.05) is 24.7 Å². The first kappa shape index (κ1) is 20.4. The van der Waals surface area contributed by atoms with Crippen LogP contribution in [0.4, 0.5) is 0 Å². The molecule has 27 heavy (non-hydrogen) atoms. The first-order valence-electron chi connectivity index (χ1n) is 9.54. The van der Waals surface area contributed by atoms with E-state index < -0.39 is 0 Å². The van der Waals surface area contributed by atoms with Gasteiger partial charge in [0.25, 0.3) is 0 Å². The van der Waals surface area contributed by atoms with Crippen LogP contribution in [0.3, 0.4) is 0 Å². The lowest BCUT2D eigenvalue weighted by Gasteiger charge is -2.24. The van der Waals surface area contributed by atoms with Crippen LogP contribution < -0.4 is 10.1 Å². The van der Waals surface area contributed by atoms with Crippen molar-refractivity contribution in [3.8, 4) is 11.5 Å². The fourth-order valence-electron chi connectivity index (χ4n) is 2.99. The summed E-state index contributed by atoms with van der Waals surface area (Å²) in [6.07, 6.45) is 0. The van der Waals surface area contributed by atoms with E-state index in [2.05, 4.69) is 31.3 Å². The molecule has 2 aromatic rings. The van der Waals surface area contributed by atoms with Crippen molar-refractivity contribution in [1.82, 2.24) is 5.32 Å². The van der Waals surface area contributed by atoms with Crippen LogP contribution in [0.25, 0.3) is 0 Å². The molecule has 0 amide bonds. The fraction of sp³-hybridized carbons (Fsp3) is 0.455. The zero-order chi connectivity index (χ0) is 19.2. The number of aromatic hydroxyl groups is 1. The Morgan fingerprint density at radius 2 is 2.04 bits per heavy atom. The van der Waals surface area contributed by atoms with Crippen molar-refractivity contribution in [3.63, 3.8) is 0 Å². The average Bonchev–Trinajstić information content (AvgIpc) is 2.87. The summed E-state index contributed by atoms with van der Waals surface area (Å²) < 4.78 is 5.99. The van der Waals surface area contributed by atoms with E-state index in [1.54, 1.807) is 11.8 Å². The number of phenols is 1. The number of thioether (sulfide) groups is 2. The zero-order valence-electron chi connectivity index (χ0n) is 16.3. The lowest BCUT2D eigenvalue weighted by molar-refractivity contribution is 0.263. The van der Waals surface area contributed by atoms with Gasteiger partial charge in [-0.1, -0.05) is 38.1 Å². The predicted octanol–water partition coefficient (Wildman–Crippen LogP) is 5.21. The van der Waals surface area contributed by atoms with Crippen LogP contribution in [0.5, 0.6) is 11.5 Å². The third-order valence-corrected chi connectivity index (χ3v) is 7.45. The van der Waals surface area contributed by atoms with Crippen LogP contribution in [0.1, 0.15) is 19.4 Å². The van der Waals surface area contributed by atoms with Crippen molar-refractivity contribution in [3.05, 3.63) is 48.0 Å². The Hall–Kier alpha value is -1.30. The number of hydrogen-bond donors (Lipinski definition) is 2. The van der Waals surface area contributed by atoms with E-state index in [9.17, 15) is 5.11 Å². The molecule has 0 saturated heterocycles. The molecule has 0 saturated carbocycles. The number of ether oxygens (including phenoxy) is 1. The third-order valence-electron chi connectivity index (χ3n) is 4.99. The van der Waals surface area contributed by atoms with E-state index in [1.807, 2.05) is 49.0 Å². The van der Waals surface area contributed by atoms with Crippen molar-refractivity contribution < 1.29 is 9.84 Å². The zero-order valence-corrected chi connectivity index (χ0v) is 17.9. The van der Waals surface area contributed by atoms with Crippen molar-refractivity contribution >= 4 is 23.5 Å². The number of phenolic OH excluding ortho intramolecular Hbond substituents is 1. The Kier molecular flexibility index (Phi) is 7.39. The molecule has 2 N–H and O–H groups in total. The van der Waals surface area contributed by atoms with Crippen LogP contribution in [0.2, 0.25) is 0 Å². The van der Waals surface area contributed by atoms with Crippen LogP contribution in [0, 0.1) is 18.8 Å². The highest BCUT2D eigenvalue weighted by molar-refractivity contribution is 7.99. The molecule has 3 nitrogen and oxygen atoms in total. The molecular formula is C22H29NO2S2. The minimum Gasteiger partial charge on any atom is -0.507 e. The second-order valence-corrected chi connectivity index (χ2v) is 9.53. The number of nitrogens with one attached hydrogen (secondary N) is 1. The normalized spacial score (nSPS) is 17.9. The van der Waals surface area contributed by atoms with Crippen LogP contribution in [0.15, 0.2) is 52.3 Å². The molecule has 1 unspecified atom stereocenters. The van der Waals surface area contributed by atoms with E-state index >= 15 is 0 Å². The SMILES string of the molecule is Cc1cccc(SC[C@@H](CNC2COc3ccccc3SC2)C(C)C)c1O. The van der Waals surface area contributed by atoms with E-state index in [1.165, 1.54) is 4.90 Å². The topological polar surface area (TPSA) is 41.5 Å². The Morgan fingerprint density at radius 1 is 1.22 bits per heavy atom. The van der Waals surface area contributed by atoms with Gasteiger partial charge in [-0.05, 0) is 49.1 Å². The molecular weight excluding hydrogens is 374 g/mol. The number of rotatable bonds is 7. The smallest absolute Gasteiger partial charge is 0.132 e. The second kappa shape index (κ2) is 9.76. The van der Waals surface area contributed by atoms with Crippen molar-refractivity contribution in [2.45, 2.75) is 36.6 Å². The molecule has 0 fully saturated rings. The maximum absolute atomic E-state index is 10.2. The molecule has 1 aliphatic rings. The molecule has 146 valence electrons. The molecule has 2 atom stereocenters. The van der Waals surface area contributed by atoms with E-state index in [-0.39, 0.29) is 0 Å². The highest BCUT2D eigenvalue weighted by atomic mass is 32.2. The Bertz CT molecular complexity index is 724. The van der Waals surface area contributed by atoms with Crippen molar-refractivity contribution in [2.24, 2.45) is 11.8 Å². The van der Waals surface area contributed by atoms with Crippen LogP contribution in [-0.2, 0) is 0 Å². The average molecular weight is 404 g/mol. The van der Waals surface area contributed by atoms with Gasteiger partial charge in [-0.3, -0.25) is 0 Å². The lowest BCUT2D eigenvalue weighted by Crippen LogP contribution is -2.40. The number of hydrogen-bond acceptors (Lipinski definition) is 5. The van der Waals surface area contributed by atoms with Gasteiger partial charge in [-0.25, -0.2) is 0 Å². The molecule has 0 bridgehead atoms. The van der Waals surface area contributed by atoms with E-state index in [0.717, 1.165) is 34.3 Å². The quantitative estimate of drug-likeness (QED) is 0.621. The molecule has 0 spiro atoms. The molecule has 2 aromatic carbocycles. The van der Waals surface area contributed by atoms with Crippen LogP contribution in [-0.4, -0.2) is 35.8 Å². The Morgan fingerprint density at radius 3 is 2.85 bits per heavy atom. The van der Waals surface area contributed by atoms with Crippen LogP contribution >= 0.6 is 23.5 Å².